The van der Waals surface area contributed by atoms with Gasteiger partial charge in [0.15, 0.2) is 5.16 Å². The van der Waals surface area contributed by atoms with E-state index in [0.717, 1.165) is 26.9 Å². The van der Waals surface area contributed by atoms with Gasteiger partial charge in [-0.15, -0.1) is 0 Å². The van der Waals surface area contributed by atoms with Crippen molar-refractivity contribution in [2.24, 2.45) is 0 Å². The van der Waals surface area contributed by atoms with Gasteiger partial charge in [0.05, 0.1) is 12.0 Å². The highest BCUT2D eigenvalue weighted by molar-refractivity contribution is 7.99. The largest absolute Gasteiger partial charge is 0.497 e. The molecule has 4 aromatic rings. The number of ether oxygens (including phenoxy) is 1. The van der Waals surface area contributed by atoms with Crippen molar-refractivity contribution in [2.45, 2.75) is 34.2 Å². The second kappa shape index (κ2) is 11.7. The molecule has 0 saturated carbocycles. The second-order valence-corrected chi connectivity index (χ2v) is 9.65. The zero-order chi connectivity index (χ0) is 23.8. The molecule has 0 spiro atoms. The molecule has 172 valence electrons. The van der Waals surface area contributed by atoms with Gasteiger partial charge in [-0.2, -0.15) is 0 Å². The van der Waals surface area contributed by atoms with Crippen molar-refractivity contribution in [3.63, 3.8) is 0 Å². The smallest absolute Gasteiger partial charge is 0.271 e. The summed E-state index contributed by atoms with van der Waals surface area (Å²) in [6, 6.07) is 25.9. The highest BCUT2D eigenvalue weighted by Crippen LogP contribution is 2.31. The normalized spacial score (nSPS) is 10.6. The van der Waals surface area contributed by atoms with Gasteiger partial charge in [-0.05, 0) is 42.3 Å². The van der Waals surface area contributed by atoms with Gasteiger partial charge >= 0.3 is 0 Å². The molecule has 1 amide bonds. The van der Waals surface area contributed by atoms with Gasteiger partial charge in [0.25, 0.3) is 5.91 Å². The Morgan fingerprint density at radius 3 is 2.50 bits per heavy atom. The first-order chi connectivity index (χ1) is 16.6. The first-order valence-corrected chi connectivity index (χ1v) is 12.6. The maximum absolute atomic E-state index is 13.2. The minimum atomic E-state index is -0.228. The molecule has 0 bridgehead atoms. The lowest BCUT2D eigenvalue weighted by Gasteiger charge is -2.11. The molecule has 34 heavy (non-hydrogen) atoms. The molecular formula is C27H25N3O2S2. The minimum Gasteiger partial charge on any atom is -0.497 e. The number of thioether (sulfide) groups is 1. The Balaban J connectivity index is 1.52. The van der Waals surface area contributed by atoms with Crippen molar-refractivity contribution in [3.8, 4) is 5.75 Å². The highest BCUT2D eigenvalue weighted by atomic mass is 32.2. The van der Waals surface area contributed by atoms with Gasteiger partial charge in [-0.25, -0.2) is 9.97 Å². The Morgan fingerprint density at radius 2 is 1.76 bits per heavy atom. The van der Waals surface area contributed by atoms with E-state index in [-0.39, 0.29) is 5.91 Å². The summed E-state index contributed by atoms with van der Waals surface area (Å²) in [5, 5.41) is 3.57. The number of methoxy groups -OCH3 is 1. The van der Waals surface area contributed by atoms with Crippen molar-refractivity contribution in [3.05, 3.63) is 107 Å². The third kappa shape index (κ3) is 6.62. The van der Waals surface area contributed by atoms with Crippen molar-refractivity contribution in [2.75, 3.05) is 7.11 Å². The monoisotopic (exact) mass is 487 g/mol. The van der Waals surface area contributed by atoms with Crippen molar-refractivity contribution in [1.29, 1.82) is 0 Å². The topological polar surface area (TPSA) is 64.1 Å². The van der Waals surface area contributed by atoms with E-state index in [0.29, 0.717) is 17.4 Å². The quantitative estimate of drug-likeness (QED) is 0.225. The van der Waals surface area contributed by atoms with Crippen LogP contribution in [0.15, 0.2) is 100 Å². The van der Waals surface area contributed by atoms with Crippen molar-refractivity contribution >= 4 is 29.4 Å². The fourth-order valence-electron chi connectivity index (χ4n) is 3.24. The first-order valence-electron chi connectivity index (χ1n) is 10.8. The molecule has 0 radical (unpaired) electrons. The predicted octanol–water partition coefficient (Wildman–Crippen LogP) is 6.17. The molecular weight excluding hydrogens is 462 g/mol. The third-order valence-corrected chi connectivity index (χ3v) is 6.94. The zero-order valence-electron chi connectivity index (χ0n) is 19.0. The summed E-state index contributed by atoms with van der Waals surface area (Å²) in [4.78, 5) is 24.1. The summed E-state index contributed by atoms with van der Waals surface area (Å²) in [5.74, 6) is 1.29. The van der Waals surface area contributed by atoms with Gasteiger partial charge in [-0.1, -0.05) is 83.7 Å². The number of aromatic nitrogens is 2. The van der Waals surface area contributed by atoms with E-state index in [4.69, 9.17) is 4.74 Å². The fourth-order valence-corrected chi connectivity index (χ4v) is 4.88. The predicted molar refractivity (Wildman–Crippen MR) is 138 cm³/mol. The van der Waals surface area contributed by atoms with Gasteiger partial charge < -0.3 is 10.1 Å². The summed E-state index contributed by atoms with van der Waals surface area (Å²) in [7, 11) is 1.63. The minimum absolute atomic E-state index is 0.228. The number of hydrogen-bond acceptors (Lipinski definition) is 6. The maximum atomic E-state index is 13.2. The van der Waals surface area contributed by atoms with E-state index < -0.39 is 0 Å². The summed E-state index contributed by atoms with van der Waals surface area (Å²) >= 11 is 3.00. The van der Waals surface area contributed by atoms with Crippen LogP contribution in [-0.2, 0) is 12.3 Å². The molecule has 0 aliphatic carbocycles. The molecule has 1 aromatic heterocycles. The van der Waals surface area contributed by atoms with E-state index in [9.17, 15) is 4.79 Å². The van der Waals surface area contributed by atoms with Crippen LogP contribution in [0.1, 0.15) is 27.2 Å². The number of carbonyl (C=O) groups is 1. The molecule has 0 unspecified atom stereocenters. The van der Waals surface area contributed by atoms with E-state index in [1.165, 1.54) is 34.7 Å². The van der Waals surface area contributed by atoms with Crippen LogP contribution in [0.3, 0.4) is 0 Å². The van der Waals surface area contributed by atoms with Crippen LogP contribution in [0.25, 0.3) is 0 Å². The first kappa shape index (κ1) is 23.9. The van der Waals surface area contributed by atoms with Crippen LogP contribution in [0.4, 0.5) is 0 Å². The molecule has 0 fully saturated rings. The number of aryl methyl sites for hydroxylation is 1. The molecule has 0 aliphatic rings. The average Bonchev–Trinajstić information content (AvgIpc) is 2.87. The van der Waals surface area contributed by atoms with Crippen LogP contribution in [0.5, 0.6) is 5.75 Å². The second-order valence-electron chi connectivity index (χ2n) is 7.59. The Hall–Kier alpha value is -3.29. The van der Waals surface area contributed by atoms with Crippen molar-refractivity contribution in [1.82, 2.24) is 15.3 Å². The van der Waals surface area contributed by atoms with Crippen LogP contribution in [0, 0.1) is 6.92 Å². The van der Waals surface area contributed by atoms with Crippen LogP contribution >= 0.6 is 23.5 Å². The van der Waals surface area contributed by atoms with E-state index in [1.54, 1.807) is 13.3 Å². The number of amides is 1. The molecule has 0 atom stereocenters. The lowest BCUT2D eigenvalue weighted by atomic mass is 10.2. The Kier molecular flexibility index (Phi) is 8.22. The van der Waals surface area contributed by atoms with Crippen LogP contribution in [0.2, 0.25) is 0 Å². The van der Waals surface area contributed by atoms with Gasteiger partial charge in [-0.3, -0.25) is 4.79 Å². The maximum Gasteiger partial charge on any atom is 0.271 e. The Bertz CT molecular complexity index is 1250. The number of carbonyl (C=O) groups excluding carboxylic acids is 1. The summed E-state index contributed by atoms with van der Waals surface area (Å²) < 4.78 is 5.20. The third-order valence-electron chi connectivity index (χ3n) is 4.98. The standard InChI is InChI=1S/C27H25N3O2S2/c1-19-7-6-8-21(15-19)18-33-27-29-17-24(34-23-9-4-3-5-10-23)25(30-27)26(31)28-16-20-11-13-22(32-2)14-12-20/h3-15,17H,16,18H2,1-2H3,(H,28,31). The molecule has 3 aromatic carbocycles. The van der Waals surface area contributed by atoms with Crippen molar-refractivity contribution < 1.29 is 9.53 Å². The number of nitrogens with zero attached hydrogens (tertiary/aromatic N) is 2. The van der Waals surface area contributed by atoms with Gasteiger partial charge in [0.2, 0.25) is 0 Å². The number of hydrogen-bond donors (Lipinski definition) is 1. The highest BCUT2D eigenvalue weighted by Gasteiger charge is 2.17. The van der Waals surface area contributed by atoms with E-state index in [1.807, 2.05) is 60.7 Å². The number of rotatable bonds is 9. The fraction of sp³-hybridized carbons (Fsp3) is 0.148. The van der Waals surface area contributed by atoms with E-state index in [2.05, 4.69) is 40.4 Å². The molecule has 4 rings (SSSR count). The van der Waals surface area contributed by atoms with Crippen LogP contribution < -0.4 is 10.1 Å². The zero-order valence-corrected chi connectivity index (χ0v) is 20.7. The molecule has 0 aliphatic heterocycles. The summed E-state index contributed by atoms with van der Waals surface area (Å²) in [5.41, 5.74) is 3.77. The van der Waals surface area contributed by atoms with Gasteiger partial charge in [0.1, 0.15) is 11.4 Å². The Labute approximate surface area is 208 Å². The molecule has 1 heterocycles. The number of nitrogens with one attached hydrogen (secondary N) is 1. The summed E-state index contributed by atoms with van der Waals surface area (Å²) in [6.45, 7) is 2.47. The summed E-state index contributed by atoms with van der Waals surface area (Å²) in [6.07, 6.45) is 1.74. The average molecular weight is 488 g/mol. The lowest BCUT2D eigenvalue weighted by Crippen LogP contribution is -2.25. The molecule has 7 heteroatoms. The molecule has 5 nitrogen and oxygen atoms in total. The van der Waals surface area contributed by atoms with Gasteiger partial charge in [0, 0.05) is 23.4 Å². The Morgan fingerprint density at radius 1 is 0.971 bits per heavy atom. The molecule has 0 saturated heterocycles. The lowest BCUT2D eigenvalue weighted by molar-refractivity contribution is 0.0941. The molecule has 1 N–H and O–H groups in total. The number of benzene rings is 3. The van der Waals surface area contributed by atoms with Crippen LogP contribution in [-0.4, -0.2) is 23.0 Å². The SMILES string of the molecule is COc1ccc(CNC(=O)c2nc(SCc3cccc(C)c3)ncc2Sc2ccccc2)cc1. The van der Waals surface area contributed by atoms with E-state index >= 15 is 0 Å².